The number of rotatable bonds is 6. The van der Waals surface area contributed by atoms with Gasteiger partial charge >= 0.3 is 6.03 Å². The van der Waals surface area contributed by atoms with Gasteiger partial charge in [0.15, 0.2) is 0 Å². The molecule has 2 aromatic rings. The van der Waals surface area contributed by atoms with Crippen LogP contribution in [0.15, 0.2) is 35.7 Å². The highest BCUT2D eigenvalue weighted by Crippen LogP contribution is 2.32. The molecule has 1 atom stereocenters. The minimum Gasteiger partial charge on any atom is -0.495 e. The third-order valence-electron chi connectivity index (χ3n) is 3.93. The highest BCUT2D eigenvalue weighted by Gasteiger charge is 2.21. The van der Waals surface area contributed by atoms with Gasteiger partial charge in [0, 0.05) is 4.88 Å². The first-order chi connectivity index (χ1) is 12.2. The van der Waals surface area contributed by atoms with Crippen LogP contribution in [0.2, 0.25) is 0 Å². The van der Waals surface area contributed by atoms with Gasteiger partial charge in [-0.2, -0.15) is 0 Å². The second kappa shape index (κ2) is 8.23. The predicted octanol–water partition coefficient (Wildman–Crippen LogP) is 3.79. The second-order valence-corrected chi connectivity index (χ2v) is 7.97. The van der Waals surface area contributed by atoms with E-state index < -0.39 is 12.1 Å². The van der Waals surface area contributed by atoms with Crippen LogP contribution in [0.5, 0.6) is 5.75 Å². The summed E-state index contributed by atoms with van der Waals surface area (Å²) < 4.78 is 5.35. The molecule has 0 aliphatic rings. The van der Waals surface area contributed by atoms with E-state index in [0.717, 1.165) is 10.4 Å². The normalized spacial score (nSPS) is 12.3. The third kappa shape index (κ3) is 5.23. The number of urea groups is 1. The van der Waals surface area contributed by atoms with E-state index in [2.05, 4.69) is 31.4 Å². The predicted molar refractivity (Wildman–Crippen MR) is 105 cm³/mol. The van der Waals surface area contributed by atoms with E-state index in [-0.39, 0.29) is 17.7 Å². The minimum atomic E-state index is -0.663. The lowest BCUT2D eigenvalue weighted by Gasteiger charge is -2.22. The lowest BCUT2D eigenvalue weighted by atomic mass is 9.87. The summed E-state index contributed by atoms with van der Waals surface area (Å²) in [6.45, 7) is 6.30. The number of benzene rings is 1. The van der Waals surface area contributed by atoms with E-state index in [1.807, 2.05) is 35.7 Å². The van der Waals surface area contributed by atoms with Gasteiger partial charge in [-0.05, 0) is 34.6 Å². The van der Waals surface area contributed by atoms with Crippen LogP contribution in [0, 0.1) is 0 Å². The number of carbonyl (C=O) groups excluding carboxylic acids is 2. The van der Waals surface area contributed by atoms with Crippen molar-refractivity contribution < 1.29 is 14.3 Å². The fourth-order valence-electron chi connectivity index (χ4n) is 2.54. The summed E-state index contributed by atoms with van der Waals surface area (Å²) in [5.41, 5.74) is 6.87. The molecule has 1 aromatic heterocycles. The van der Waals surface area contributed by atoms with Gasteiger partial charge in [0.2, 0.25) is 5.91 Å². The lowest BCUT2D eigenvalue weighted by molar-refractivity contribution is -0.116. The molecule has 0 saturated carbocycles. The molecule has 0 bridgehead atoms. The van der Waals surface area contributed by atoms with Crippen LogP contribution < -0.4 is 21.1 Å². The number of carbonyl (C=O) groups is 2. The van der Waals surface area contributed by atoms with Crippen molar-refractivity contribution >= 4 is 29.0 Å². The van der Waals surface area contributed by atoms with Crippen molar-refractivity contribution in [2.24, 2.45) is 5.73 Å². The van der Waals surface area contributed by atoms with Gasteiger partial charge in [0.05, 0.1) is 25.3 Å². The molecule has 7 heteroatoms. The van der Waals surface area contributed by atoms with E-state index in [4.69, 9.17) is 10.5 Å². The SMILES string of the molecule is COc1ccc(C(C)(C)C)cc1NC(=O)CC(NC(N)=O)c1cccs1. The maximum absolute atomic E-state index is 12.6. The highest BCUT2D eigenvalue weighted by molar-refractivity contribution is 7.10. The van der Waals surface area contributed by atoms with Crippen molar-refractivity contribution in [1.29, 1.82) is 0 Å². The molecule has 6 nitrogen and oxygen atoms in total. The Morgan fingerprint density at radius 3 is 2.54 bits per heavy atom. The van der Waals surface area contributed by atoms with Crippen LogP contribution in [0.4, 0.5) is 10.5 Å². The number of thiophene rings is 1. The van der Waals surface area contributed by atoms with Crippen LogP contribution in [0.3, 0.4) is 0 Å². The number of hydrogen-bond acceptors (Lipinski definition) is 4. The van der Waals surface area contributed by atoms with Gasteiger partial charge in [0.25, 0.3) is 0 Å². The summed E-state index contributed by atoms with van der Waals surface area (Å²) in [6, 6.07) is 8.33. The molecule has 4 N–H and O–H groups in total. The number of nitrogens with one attached hydrogen (secondary N) is 2. The van der Waals surface area contributed by atoms with Crippen molar-refractivity contribution in [3.05, 3.63) is 46.2 Å². The second-order valence-electron chi connectivity index (χ2n) is 6.99. The number of methoxy groups -OCH3 is 1. The van der Waals surface area contributed by atoms with Gasteiger partial charge in [-0.3, -0.25) is 4.79 Å². The summed E-state index contributed by atoms with van der Waals surface area (Å²) >= 11 is 1.46. The Morgan fingerprint density at radius 1 is 1.27 bits per heavy atom. The molecule has 0 saturated heterocycles. The van der Waals surface area contributed by atoms with Gasteiger partial charge in [0.1, 0.15) is 5.75 Å². The fourth-order valence-corrected chi connectivity index (χ4v) is 3.32. The van der Waals surface area contributed by atoms with Gasteiger partial charge in [-0.15, -0.1) is 11.3 Å². The quantitative estimate of drug-likeness (QED) is 0.717. The molecule has 0 spiro atoms. The van der Waals surface area contributed by atoms with Crippen molar-refractivity contribution in [3.63, 3.8) is 0 Å². The molecule has 1 heterocycles. The van der Waals surface area contributed by atoms with Gasteiger partial charge < -0.3 is 21.1 Å². The molecule has 1 aromatic carbocycles. The molecule has 2 rings (SSSR count). The Kier molecular flexibility index (Phi) is 6.26. The third-order valence-corrected chi connectivity index (χ3v) is 4.92. The monoisotopic (exact) mass is 375 g/mol. The average molecular weight is 375 g/mol. The first-order valence-electron chi connectivity index (χ1n) is 8.28. The number of primary amides is 1. The summed E-state index contributed by atoms with van der Waals surface area (Å²) in [7, 11) is 1.56. The fraction of sp³-hybridized carbons (Fsp3) is 0.368. The Morgan fingerprint density at radius 2 is 2.00 bits per heavy atom. The zero-order valence-corrected chi connectivity index (χ0v) is 16.3. The molecule has 0 radical (unpaired) electrons. The van der Waals surface area contributed by atoms with Crippen LogP contribution in [-0.2, 0) is 10.2 Å². The van der Waals surface area contributed by atoms with Crippen LogP contribution in [-0.4, -0.2) is 19.0 Å². The first-order valence-corrected chi connectivity index (χ1v) is 9.16. The van der Waals surface area contributed by atoms with E-state index in [1.54, 1.807) is 7.11 Å². The molecular formula is C19H25N3O3S. The van der Waals surface area contributed by atoms with Gasteiger partial charge in [-0.25, -0.2) is 4.79 Å². The Labute approximate surface area is 157 Å². The first kappa shape index (κ1) is 19.8. The van der Waals surface area contributed by atoms with E-state index in [1.165, 1.54) is 11.3 Å². The Hall–Kier alpha value is -2.54. The number of anilines is 1. The van der Waals surface area contributed by atoms with Crippen LogP contribution >= 0.6 is 11.3 Å². The average Bonchev–Trinajstić information content (AvgIpc) is 3.07. The summed E-state index contributed by atoms with van der Waals surface area (Å²) in [4.78, 5) is 24.7. The van der Waals surface area contributed by atoms with Crippen molar-refractivity contribution in [3.8, 4) is 5.75 Å². The number of hydrogen-bond donors (Lipinski definition) is 3. The summed E-state index contributed by atoms with van der Waals surface area (Å²) in [5.74, 6) is 0.350. The largest absolute Gasteiger partial charge is 0.495 e. The maximum atomic E-state index is 12.6. The summed E-state index contributed by atoms with van der Waals surface area (Å²) in [5, 5.41) is 7.40. The number of amides is 3. The minimum absolute atomic E-state index is 0.0568. The van der Waals surface area contributed by atoms with E-state index in [0.29, 0.717) is 11.4 Å². The van der Waals surface area contributed by atoms with Crippen molar-refractivity contribution in [2.75, 3.05) is 12.4 Å². The van der Waals surface area contributed by atoms with Gasteiger partial charge in [-0.1, -0.05) is 32.9 Å². The highest BCUT2D eigenvalue weighted by atomic mass is 32.1. The molecule has 3 amide bonds. The lowest BCUT2D eigenvalue weighted by Crippen LogP contribution is -2.34. The van der Waals surface area contributed by atoms with E-state index >= 15 is 0 Å². The molecular weight excluding hydrogens is 350 g/mol. The Bertz CT molecular complexity index is 767. The zero-order valence-electron chi connectivity index (χ0n) is 15.5. The van der Waals surface area contributed by atoms with E-state index in [9.17, 15) is 9.59 Å². The van der Waals surface area contributed by atoms with Crippen molar-refractivity contribution in [1.82, 2.24) is 5.32 Å². The smallest absolute Gasteiger partial charge is 0.312 e. The molecule has 0 aliphatic heterocycles. The molecule has 0 fully saturated rings. The molecule has 140 valence electrons. The topological polar surface area (TPSA) is 93.4 Å². The van der Waals surface area contributed by atoms with Crippen LogP contribution in [0.1, 0.15) is 43.7 Å². The number of ether oxygens (including phenoxy) is 1. The van der Waals surface area contributed by atoms with Crippen LogP contribution in [0.25, 0.3) is 0 Å². The molecule has 1 unspecified atom stereocenters. The molecule has 0 aliphatic carbocycles. The zero-order chi connectivity index (χ0) is 19.3. The molecule has 26 heavy (non-hydrogen) atoms. The standard InChI is InChI=1S/C19H25N3O3S/c1-19(2,3)12-7-8-15(25-4)13(10-12)21-17(23)11-14(22-18(20)24)16-6-5-9-26-16/h5-10,14H,11H2,1-4H3,(H,21,23)(H3,20,22,24). The summed E-state index contributed by atoms with van der Waals surface area (Å²) in [6.07, 6.45) is 0.0757. The van der Waals surface area contributed by atoms with Crippen molar-refractivity contribution in [2.45, 2.75) is 38.6 Å². The Balaban J connectivity index is 2.18. The number of nitrogens with two attached hydrogens (primary N) is 1. The maximum Gasteiger partial charge on any atom is 0.312 e.